The minimum atomic E-state index is -3.73. The summed E-state index contributed by atoms with van der Waals surface area (Å²) >= 11 is 0. The number of carbonyl (C=O) groups is 2. The van der Waals surface area contributed by atoms with Crippen molar-refractivity contribution >= 4 is 27.5 Å². The van der Waals surface area contributed by atoms with Crippen molar-refractivity contribution in [3.05, 3.63) is 64.7 Å². The second-order valence-corrected chi connectivity index (χ2v) is 10.0. The van der Waals surface area contributed by atoms with Crippen LogP contribution in [0.1, 0.15) is 36.1 Å². The first kappa shape index (κ1) is 25.4. The Balaban J connectivity index is 2.39. The zero-order valence-corrected chi connectivity index (χ0v) is 20.5. The van der Waals surface area contributed by atoms with Gasteiger partial charge in [-0.3, -0.25) is 13.9 Å². The molecule has 7 nitrogen and oxygen atoms in total. The van der Waals surface area contributed by atoms with Crippen LogP contribution in [0.15, 0.2) is 42.5 Å². The molecule has 0 aromatic heterocycles. The Hall–Kier alpha value is -2.87. The average molecular weight is 460 g/mol. The maximum atomic E-state index is 13.4. The maximum Gasteiger partial charge on any atom is 0.244 e. The molecule has 1 atom stereocenters. The molecule has 0 aliphatic carbocycles. The molecule has 0 fully saturated rings. The van der Waals surface area contributed by atoms with E-state index in [-0.39, 0.29) is 12.5 Å². The molecular weight excluding hydrogens is 426 g/mol. The van der Waals surface area contributed by atoms with Gasteiger partial charge in [-0.1, -0.05) is 35.9 Å². The van der Waals surface area contributed by atoms with Crippen LogP contribution in [0.25, 0.3) is 0 Å². The zero-order valence-electron chi connectivity index (χ0n) is 19.7. The Morgan fingerprint density at radius 1 is 1.00 bits per heavy atom. The molecule has 0 radical (unpaired) electrons. The molecule has 8 heteroatoms. The van der Waals surface area contributed by atoms with E-state index in [1.54, 1.807) is 19.1 Å². The van der Waals surface area contributed by atoms with Crippen LogP contribution in [-0.2, 0) is 26.2 Å². The largest absolute Gasteiger partial charge is 0.355 e. The van der Waals surface area contributed by atoms with Gasteiger partial charge in [-0.25, -0.2) is 8.42 Å². The topological polar surface area (TPSA) is 86.8 Å². The average Bonchev–Trinajstić information content (AvgIpc) is 2.72. The summed E-state index contributed by atoms with van der Waals surface area (Å²) in [4.78, 5) is 27.3. The third-order valence-electron chi connectivity index (χ3n) is 5.45. The van der Waals surface area contributed by atoms with Crippen LogP contribution in [0.5, 0.6) is 0 Å². The summed E-state index contributed by atoms with van der Waals surface area (Å²) in [5, 5.41) is 2.74. The van der Waals surface area contributed by atoms with Gasteiger partial charge in [0.1, 0.15) is 12.6 Å². The van der Waals surface area contributed by atoms with E-state index in [0.29, 0.717) is 12.2 Å². The molecule has 2 amide bonds. The number of carbonyl (C=O) groups excluding carboxylic acids is 2. The van der Waals surface area contributed by atoms with Gasteiger partial charge in [0.05, 0.1) is 11.9 Å². The van der Waals surface area contributed by atoms with E-state index in [9.17, 15) is 18.0 Å². The Morgan fingerprint density at radius 2 is 1.62 bits per heavy atom. The molecule has 2 aromatic carbocycles. The van der Waals surface area contributed by atoms with Crippen molar-refractivity contribution in [1.82, 2.24) is 10.2 Å². The summed E-state index contributed by atoms with van der Waals surface area (Å²) < 4.78 is 26.2. The molecule has 0 bridgehead atoms. The number of benzene rings is 2. The summed E-state index contributed by atoms with van der Waals surface area (Å²) in [7, 11) is -3.73. The molecule has 0 aliphatic rings. The van der Waals surface area contributed by atoms with E-state index < -0.39 is 28.5 Å². The van der Waals surface area contributed by atoms with Crippen LogP contribution in [0.2, 0.25) is 0 Å². The Kier molecular flexibility index (Phi) is 8.44. The van der Waals surface area contributed by atoms with Crippen LogP contribution >= 0.6 is 0 Å². The lowest BCUT2D eigenvalue weighted by Gasteiger charge is -2.31. The Bertz CT molecular complexity index is 1070. The lowest BCUT2D eigenvalue weighted by Crippen LogP contribution is -2.51. The van der Waals surface area contributed by atoms with Gasteiger partial charge < -0.3 is 10.2 Å². The molecule has 0 spiro atoms. The minimum absolute atomic E-state index is 0.196. The lowest BCUT2D eigenvalue weighted by atomic mass is 10.1. The molecule has 2 rings (SSSR count). The summed E-state index contributed by atoms with van der Waals surface area (Å²) in [5.74, 6) is -0.738. The monoisotopic (exact) mass is 459 g/mol. The minimum Gasteiger partial charge on any atom is -0.355 e. The highest BCUT2D eigenvalue weighted by Gasteiger charge is 2.30. The predicted octanol–water partition coefficient (Wildman–Crippen LogP) is 2.93. The fraction of sp³-hybridized carbons (Fsp3) is 0.417. The standard InChI is InChI=1S/C24H33N3O4S/c1-7-25-24(29)20(5)26(15-21-11-8-17(2)9-12-21)23(28)16-27(32(6,30)31)22-13-10-18(3)19(4)14-22/h8-14,20H,7,15-16H2,1-6H3,(H,25,29)/t20-/m1/s1. The third kappa shape index (κ3) is 6.56. The smallest absolute Gasteiger partial charge is 0.244 e. The maximum absolute atomic E-state index is 13.4. The van der Waals surface area contributed by atoms with Gasteiger partial charge in [0.25, 0.3) is 0 Å². The normalized spacial score (nSPS) is 12.2. The van der Waals surface area contributed by atoms with E-state index in [0.717, 1.165) is 32.8 Å². The number of likely N-dealkylation sites (N-methyl/N-ethyl adjacent to an activating group) is 1. The second kappa shape index (κ2) is 10.6. The van der Waals surface area contributed by atoms with Crippen LogP contribution in [0, 0.1) is 20.8 Å². The first-order chi connectivity index (χ1) is 14.9. The number of anilines is 1. The van der Waals surface area contributed by atoms with Crippen LogP contribution in [0.3, 0.4) is 0 Å². The van der Waals surface area contributed by atoms with E-state index in [1.165, 1.54) is 4.90 Å². The predicted molar refractivity (Wildman–Crippen MR) is 128 cm³/mol. The number of sulfonamides is 1. The number of nitrogens with one attached hydrogen (secondary N) is 1. The van der Waals surface area contributed by atoms with Gasteiger partial charge >= 0.3 is 0 Å². The van der Waals surface area contributed by atoms with Crippen molar-refractivity contribution in [3.8, 4) is 0 Å². The SMILES string of the molecule is CCNC(=O)[C@@H](C)N(Cc1ccc(C)cc1)C(=O)CN(c1ccc(C)c(C)c1)S(C)(=O)=O. The van der Waals surface area contributed by atoms with Gasteiger partial charge in [-0.05, 0) is 63.4 Å². The van der Waals surface area contributed by atoms with Crippen molar-refractivity contribution in [2.24, 2.45) is 0 Å². The van der Waals surface area contributed by atoms with Crippen molar-refractivity contribution in [3.63, 3.8) is 0 Å². The summed E-state index contributed by atoms with van der Waals surface area (Å²) in [6, 6.07) is 12.2. The van der Waals surface area contributed by atoms with Gasteiger partial charge in [-0.2, -0.15) is 0 Å². The van der Waals surface area contributed by atoms with Crippen LogP contribution in [0.4, 0.5) is 5.69 Å². The van der Waals surface area contributed by atoms with E-state index in [1.807, 2.05) is 58.0 Å². The molecular formula is C24H33N3O4S. The first-order valence-corrected chi connectivity index (χ1v) is 12.5. The van der Waals surface area contributed by atoms with Crippen LogP contribution < -0.4 is 9.62 Å². The number of hydrogen-bond donors (Lipinski definition) is 1. The number of aryl methyl sites for hydroxylation is 3. The van der Waals surface area contributed by atoms with Gasteiger partial charge in [-0.15, -0.1) is 0 Å². The molecule has 0 heterocycles. The quantitative estimate of drug-likeness (QED) is 0.625. The molecule has 0 unspecified atom stereocenters. The number of amides is 2. The van der Waals surface area contributed by atoms with Crippen LogP contribution in [-0.4, -0.2) is 50.5 Å². The Labute approximate surface area is 191 Å². The Morgan fingerprint density at radius 3 is 2.16 bits per heavy atom. The van der Waals surface area contributed by atoms with E-state index in [4.69, 9.17) is 0 Å². The molecule has 0 aliphatic heterocycles. The van der Waals surface area contributed by atoms with Crippen molar-refractivity contribution in [1.29, 1.82) is 0 Å². The fourth-order valence-corrected chi connectivity index (χ4v) is 4.13. The third-order valence-corrected chi connectivity index (χ3v) is 6.59. The molecule has 2 aromatic rings. The highest BCUT2D eigenvalue weighted by molar-refractivity contribution is 7.92. The van der Waals surface area contributed by atoms with Gasteiger partial charge in [0.15, 0.2) is 0 Å². The molecule has 0 saturated heterocycles. The number of rotatable bonds is 9. The van der Waals surface area contributed by atoms with Gasteiger partial charge in [0, 0.05) is 13.1 Å². The van der Waals surface area contributed by atoms with Gasteiger partial charge in [0.2, 0.25) is 21.8 Å². The van der Waals surface area contributed by atoms with E-state index >= 15 is 0 Å². The lowest BCUT2D eigenvalue weighted by molar-refractivity contribution is -0.139. The first-order valence-electron chi connectivity index (χ1n) is 10.6. The summed E-state index contributed by atoms with van der Waals surface area (Å²) in [6.45, 7) is 9.50. The second-order valence-electron chi connectivity index (χ2n) is 8.12. The molecule has 32 heavy (non-hydrogen) atoms. The summed E-state index contributed by atoms with van der Waals surface area (Å²) in [5.41, 5.74) is 4.32. The zero-order chi connectivity index (χ0) is 24.1. The van der Waals surface area contributed by atoms with Crippen molar-refractivity contribution in [2.45, 2.75) is 47.2 Å². The fourth-order valence-electron chi connectivity index (χ4n) is 3.29. The highest BCUT2D eigenvalue weighted by Crippen LogP contribution is 2.22. The van der Waals surface area contributed by atoms with Crippen molar-refractivity contribution < 1.29 is 18.0 Å². The molecule has 174 valence electrons. The number of hydrogen-bond acceptors (Lipinski definition) is 4. The summed E-state index contributed by atoms with van der Waals surface area (Å²) in [6.07, 6.45) is 1.08. The molecule has 1 N–H and O–H groups in total. The molecule has 0 saturated carbocycles. The van der Waals surface area contributed by atoms with E-state index in [2.05, 4.69) is 5.32 Å². The highest BCUT2D eigenvalue weighted by atomic mass is 32.2. The van der Waals surface area contributed by atoms with Crippen molar-refractivity contribution in [2.75, 3.05) is 23.7 Å². The number of nitrogens with zero attached hydrogens (tertiary/aromatic N) is 2.